The minimum atomic E-state index is -0.804. The Labute approximate surface area is 239 Å². The quantitative estimate of drug-likeness (QED) is 0.271. The summed E-state index contributed by atoms with van der Waals surface area (Å²) in [7, 11) is 0. The molecule has 0 spiro atoms. The second-order valence-corrected chi connectivity index (χ2v) is 17.1. The van der Waals surface area contributed by atoms with Crippen molar-refractivity contribution < 1.29 is 19.7 Å². The van der Waals surface area contributed by atoms with Crippen LogP contribution < -0.4 is 0 Å². The van der Waals surface area contributed by atoms with Gasteiger partial charge in [-0.2, -0.15) is 0 Å². The first-order chi connectivity index (χ1) is 17.7. The molecule has 0 aromatic rings. The molecule has 0 aromatic carbocycles. The molecule has 2 N–H and O–H groups in total. The van der Waals surface area contributed by atoms with Gasteiger partial charge in [-0.15, -0.1) is 0 Å². The van der Waals surface area contributed by atoms with Crippen LogP contribution in [0, 0.1) is 50.7 Å². The van der Waals surface area contributed by atoms with Crippen LogP contribution in [0.25, 0.3) is 0 Å². The maximum absolute atomic E-state index is 13.5. The molecule has 0 aliphatic heterocycles. The van der Waals surface area contributed by atoms with Gasteiger partial charge in [-0.25, -0.2) is 0 Å². The Morgan fingerprint density at radius 1 is 0.923 bits per heavy atom. The Balaban J connectivity index is 1.77. The third-order valence-electron chi connectivity index (χ3n) is 13.2. The lowest BCUT2D eigenvalue weighted by atomic mass is 9.35. The average molecular weight is 545 g/mol. The summed E-state index contributed by atoms with van der Waals surface area (Å²) in [6.45, 7) is 24.2. The molecule has 0 bridgehead atoms. The van der Waals surface area contributed by atoms with E-state index in [4.69, 9.17) is 4.74 Å². The third-order valence-corrected chi connectivity index (χ3v) is 13.2. The number of carbonyl (C=O) groups excluding carboxylic acids is 1. The highest BCUT2D eigenvalue weighted by Gasteiger charge is 2.72. The van der Waals surface area contributed by atoms with Crippen molar-refractivity contribution in [3.8, 4) is 0 Å². The molecule has 0 radical (unpaired) electrons. The van der Waals surface area contributed by atoms with Gasteiger partial charge < -0.3 is 14.9 Å². The number of rotatable bonds is 5. The molecule has 4 aliphatic carbocycles. The van der Waals surface area contributed by atoms with E-state index in [0.29, 0.717) is 11.8 Å². The number of fused-ring (bicyclic) bond motifs is 5. The van der Waals surface area contributed by atoms with Crippen LogP contribution in [-0.4, -0.2) is 34.0 Å². The Bertz CT molecular complexity index is 968. The molecular formula is C35H60O4. The van der Waals surface area contributed by atoms with E-state index in [0.717, 1.165) is 57.8 Å². The van der Waals surface area contributed by atoms with Crippen molar-refractivity contribution in [2.45, 2.75) is 152 Å². The zero-order valence-electron chi connectivity index (χ0n) is 27.1. The van der Waals surface area contributed by atoms with E-state index in [1.807, 2.05) is 27.7 Å². The average Bonchev–Trinajstić information content (AvgIpc) is 3.17. The summed E-state index contributed by atoms with van der Waals surface area (Å²) in [5, 5.41) is 23.1. The molecule has 0 heterocycles. The van der Waals surface area contributed by atoms with Crippen molar-refractivity contribution >= 4 is 5.97 Å². The summed E-state index contributed by atoms with van der Waals surface area (Å²) in [4.78, 5) is 13.5. The van der Waals surface area contributed by atoms with E-state index in [1.165, 1.54) is 5.57 Å². The smallest absolute Gasteiger partial charge is 0.311 e. The van der Waals surface area contributed by atoms with Crippen molar-refractivity contribution in [2.75, 3.05) is 0 Å². The minimum Gasteiger partial charge on any atom is -0.462 e. The summed E-state index contributed by atoms with van der Waals surface area (Å²) in [6, 6.07) is 0. The van der Waals surface area contributed by atoms with Crippen LogP contribution in [0.2, 0.25) is 0 Å². The van der Waals surface area contributed by atoms with Gasteiger partial charge in [-0.05, 0) is 139 Å². The largest absolute Gasteiger partial charge is 0.462 e. The molecule has 4 fully saturated rings. The van der Waals surface area contributed by atoms with E-state index >= 15 is 0 Å². The zero-order chi connectivity index (χ0) is 29.4. The monoisotopic (exact) mass is 544 g/mol. The van der Waals surface area contributed by atoms with Gasteiger partial charge in [-0.1, -0.05) is 46.3 Å². The summed E-state index contributed by atoms with van der Waals surface area (Å²) in [5.74, 6) is 1.01. The highest BCUT2D eigenvalue weighted by atomic mass is 16.5. The van der Waals surface area contributed by atoms with Crippen molar-refractivity contribution in [3.05, 3.63) is 11.6 Å². The Morgan fingerprint density at radius 2 is 1.54 bits per heavy atom. The first-order valence-corrected chi connectivity index (χ1v) is 16.0. The Kier molecular flexibility index (Phi) is 7.85. The van der Waals surface area contributed by atoms with Gasteiger partial charge in [0.2, 0.25) is 0 Å². The normalized spacial score (nSPS) is 44.8. The van der Waals surface area contributed by atoms with Crippen molar-refractivity contribution in [1.82, 2.24) is 0 Å². The van der Waals surface area contributed by atoms with Gasteiger partial charge in [0.05, 0.1) is 17.1 Å². The molecule has 39 heavy (non-hydrogen) atoms. The van der Waals surface area contributed by atoms with Gasteiger partial charge in [0.15, 0.2) is 0 Å². The lowest BCUT2D eigenvalue weighted by Gasteiger charge is -2.70. The summed E-state index contributed by atoms with van der Waals surface area (Å²) in [5.41, 5.74) is -0.00167. The topological polar surface area (TPSA) is 66.8 Å². The molecule has 224 valence electrons. The van der Waals surface area contributed by atoms with Crippen molar-refractivity contribution in [2.24, 2.45) is 50.7 Å². The lowest BCUT2D eigenvalue weighted by Crippen LogP contribution is -2.67. The Morgan fingerprint density at radius 3 is 2.13 bits per heavy atom. The number of allylic oxidation sites excluding steroid dienone is 2. The fourth-order valence-corrected chi connectivity index (χ4v) is 10.7. The van der Waals surface area contributed by atoms with Crippen molar-refractivity contribution in [1.29, 1.82) is 0 Å². The van der Waals surface area contributed by atoms with E-state index in [2.05, 4.69) is 54.5 Å². The van der Waals surface area contributed by atoms with Gasteiger partial charge in [0, 0.05) is 5.92 Å². The van der Waals surface area contributed by atoms with E-state index < -0.39 is 11.0 Å². The third kappa shape index (κ3) is 4.86. The molecule has 10 atom stereocenters. The van der Waals surface area contributed by atoms with Crippen LogP contribution in [0.3, 0.4) is 0 Å². The molecule has 4 aliphatic rings. The molecule has 4 unspecified atom stereocenters. The zero-order valence-corrected chi connectivity index (χ0v) is 27.1. The number of carbonyl (C=O) groups is 1. The summed E-state index contributed by atoms with van der Waals surface area (Å²) in [6.07, 6.45) is 10.5. The van der Waals surface area contributed by atoms with E-state index in [-0.39, 0.29) is 51.7 Å². The lowest BCUT2D eigenvalue weighted by molar-refractivity contribution is -0.252. The first kappa shape index (κ1) is 31.1. The molecular weight excluding hydrogens is 484 g/mol. The highest BCUT2D eigenvalue weighted by molar-refractivity contribution is 5.75. The number of hydrogen-bond acceptors (Lipinski definition) is 4. The number of aliphatic hydroxyl groups is 2. The summed E-state index contributed by atoms with van der Waals surface area (Å²) >= 11 is 0. The number of ether oxygens (including phenoxy) is 1. The fraction of sp³-hybridized carbons (Fsp3) is 0.914. The van der Waals surface area contributed by atoms with Crippen LogP contribution >= 0.6 is 0 Å². The number of hydrogen-bond donors (Lipinski definition) is 2. The van der Waals surface area contributed by atoms with Crippen LogP contribution in [-0.2, 0) is 9.53 Å². The molecule has 0 amide bonds. The number of esters is 1. The Hall–Kier alpha value is -0.870. The van der Waals surface area contributed by atoms with Gasteiger partial charge in [0.1, 0.15) is 6.10 Å². The van der Waals surface area contributed by atoms with Crippen LogP contribution in [0.15, 0.2) is 11.6 Å². The maximum atomic E-state index is 13.5. The van der Waals surface area contributed by atoms with Gasteiger partial charge in [-0.3, -0.25) is 4.79 Å². The molecule has 0 saturated heterocycles. The molecule has 4 rings (SSSR count). The van der Waals surface area contributed by atoms with Crippen LogP contribution in [0.5, 0.6) is 0 Å². The minimum absolute atomic E-state index is 0.0158. The predicted octanol–water partition coefficient (Wildman–Crippen LogP) is 8.10. The summed E-state index contributed by atoms with van der Waals surface area (Å²) < 4.78 is 6.58. The number of aliphatic hydroxyl groups excluding tert-OH is 1. The standard InChI is InChI=1S/C35H60O4/c1-22(2)13-12-17-35(11,38)23-14-19-34(10)28(23)24(39-29(37)30(3,4)5)21-26-32(8)18-16-27(36)31(6,7)25(32)15-20-33(26,34)9/h13,23-28,36,38H,12,14-21H2,1-11H3/t23?,24-,25?,26?,27+,28?,32+,33-,34-,35+/m1/s1. The predicted molar refractivity (Wildman–Crippen MR) is 159 cm³/mol. The second kappa shape index (κ2) is 9.85. The molecule has 0 aromatic heterocycles. The first-order valence-electron chi connectivity index (χ1n) is 16.0. The second-order valence-electron chi connectivity index (χ2n) is 17.1. The SMILES string of the molecule is CC(C)=CCC[C@](C)(O)C1CC[C@]2(C)C1[C@H](OC(=O)C(C)(C)C)CC1[C@@]3(C)CC[C@H](O)C(C)(C)C3CC[C@]12C. The van der Waals surface area contributed by atoms with Crippen molar-refractivity contribution in [3.63, 3.8) is 0 Å². The van der Waals surface area contributed by atoms with E-state index in [1.54, 1.807) is 0 Å². The molecule has 4 saturated carbocycles. The van der Waals surface area contributed by atoms with Gasteiger partial charge in [0.25, 0.3) is 0 Å². The molecule has 4 nitrogen and oxygen atoms in total. The highest BCUT2D eigenvalue weighted by Crippen LogP contribution is 2.76. The van der Waals surface area contributed by atoms with Crippen LogP contribution in [0.4, 0.5) is 0 Å². The van der Waals surface area contributed by atoms with E-state index in [9.17, 15) is 15.0 Å². The maximum Gasteiger partial charge on any atom is 0.311 e. The fourth-order valence-electron chi connectivity index (χ4n) is 10.7. The van der Waals surface area contributed by atoms with Crippen LogP contribution in [0.1, 0.15) is 134 Å². The molecule has 4 heteroatoms. The van der Waals surface area contributed by atoms with Gasteiger partial charge >= 0.3 is 5.97 Å².